The molecule has 0 aromatic rings. The maximum Gasteiger partial charge on any atom is 0.315 e. The van der Waals surface area contributed by atoms with Gasteiger partial charge in [-0.25, -0.2) is 0 Å². The second kappa shape index (κ2) is 4.90. The summed E-state index contributed by atoms with van der Waals surface area (Å²) >= 11 is 0. The van der Waals surface area contributed by atoms with Crippen LogP contribution in [0.5, 0.6) is 0 Å². The van der Waals surface area contributed by atoms with Crippen molar-refractivity contribution in [2.24, 2.45) is 34.0 Å². The van der Waals surface area contributed by atoms with Crippen molar-refractivity contribution in [1.29, 1.82) is 0 Å². The lowest BCUT2D eigenvalue weighted by atomic mass is 9.43. The fourth-order valence-electron chi connectivity index (χ4n) is 7.57. The van der Waals surface area contributed by atoms with Gasteiger partial charge in [0.25, 0.3) is 0 Å². The van der Waals surface area contributed by atoms with Crippen LogP contribution in [-0.2, 0) is 14.3 Å². The second-order valence-corrected chi connectivity index (χ2v) is 9.91. The zero-order chi connectivity index (χ0) is 18.6. The fraction of sp³-hybridized carbons (Fsp3) is 0.850. The summed E-state index contributed by atoms with van der Waals surface area (Å²) in [7, 11) is 0. The number of ether oxygens (including phenoxy) is 2. The number of fused-ring (bicyclic) bond motifs is 1. The van der Waals surface area contributed by atoms with Gasteiger partial charge in [-0.2, -0.15) is 0 Å². The van der Waals surface area contributed by atoms with Gasteiger partial charge in [0, 0.05) is 17.3 Å². The van der Waals surface area contributed by atoms with Crippen LogP contribution in [0, 0.1) is 34.0 Å². The molecule has 5 rings (SSSR count). The molecular formula is C20H28O6. The molecule has 0 aromatic heterocycles. The number of aliphatic hydroxyl groups is 3. The van der Waals surface area contributed by atoms with E-state index in [9.17, 15) is 20.1 Å². The molecule has 5 fully saturated rings. The molecule has 9 atom stereocenters. The summed E-state index contributed by atoms with van der Waals surface area (Å²) in [6.07, 6.45) is -0.652. The lowest BCUT2D eigenvalue weighted by molar-refractivity contribution is -0.264. The maximum absolute atomic E-state index is 13.2. The molecule has 2 aliphatic heterocycles. The van der Waals surface area contributed by atoms with Crippen LogP contribution in [0.3, 0.4) is 0 Å². The third-order valence-corrected chi connectivity index (χ3v) is 8.48. The molecule has 3 saturated carbocycles. The topological polar surface area (TPSA) is 96.2 Å². The molecule has 5 aliphatic rings. The summed E-state index contributed by atoms with van der Waals surface area (Å²) < 4.78 is 11.7. The SMILES string of the molecule is C=C1[C@@H]2C[C@H](O)[C@@H]3[C@](C2)(C(=O)O[C@@H]2CCC(C)(C)[C@H]4[C@H](O)OC[C@@]432)[C@@H]1O. The molecule has 0 aromatic carbocycles. The molecule has 2 saturated heterocycles. The second-order valence-electron chi connectivity index (χ2n) is 9.91. The van der Waals surface area contributed by atoms with E-state index in [1.807, 2.05) is 0 Å². The van der Waals surface area contributed by atoms with Gasteiger partial charge in [0.05, 0.1) is 18.8 Å². The highest BCUT2D eigenvalue weighted by Crippen LogP contribution is 2.71. The van der Waals surface area contributed by atoms with E-state index in [2.05, 4.69) is 20.4 Å². The van der Waals surface area contributed by atoms with Crippen LogP contribution in [0.1, 0.15) is 39.5 Å². The molecule has 26 heavy (non-hydrogen) atoms. The highest BCUT2D eigenvalue weighted by atomic mass is 16.6. The molecule has 6 nitrogen and oxygen atoms in total. The van der Waals surface area contributed by atoms with E-state index in [-0.39, 0.29) is 23.9 Å². The first-order valence-corrected chi connectivity index (χ1v) is 9.72. The monoisotopic (exact) mass is 364 g/mol. The first kappa shape index (κ1) is 17.2. The first-order valence-electron chi connectivity index (χ1n) is 9.72. The number of esters is 1. The predicted molar refractivity (Wildman–Crippen MR) is 90.6 cm³/mol. The quantitative estimate of drug-likeness (QED) is 0.438. The predicted octanol–water partition coefficient (Wildman–Crippen LogP) is 0.987. The average molecular weight is 364 g/mol. The minimum Gasteiger partial charge on any atom is -0.461 e. The highest BCUT2D eigenvalue weighted by Gasteiger charge is 2.78. The Kier molecular flexibility index (Phi) is 3.24. The van der Waals surface area contributed by atoms with E-state index in [1.54, 1.807) is 0 Å². The summed E-state index contributed by atoms with van der Waals surface area (Å²) in [6, 6.07) is 0. The molecule has 0 unspecified atom stereocenters. The van der Waals surface area contributed by atoms with E-state index in [4.69, 9.17) is 9.47 Å². The molecule has 2 bridgehead atoms. The standard InChI is InChI=1S/C20H28O6/c1-9-10-6-11(21)13-19(7-10,15(9)22)17(24)26-12-4-5-18(2,3)14-16(23)25-8-20(12,13)14/h10-16,21-23H,1,4-8H2,2-3H3/t10-,11+,12-,13-,14-,15-,16-,19+,20+/m1/s1. The van der Waals surface area contributed by atoms with Crippen LogP contribution in [0.2, 0.25) is 0 Å². The molecule has 2 heterocycles. The Labute approximate surface area is 153 Å². The van der Waals surface area contributed by atoms with Crippen molar-refractivity contribution in [3.8, 4) is 0 Å². The minimum absolute atomic E-state index is 0.0703. The van der Waals surface area contributed by atoms with E-state index in [1.165, 1.54) is 0 Å². The molecule has 0 amide bonds. The van der Waals surface area contributed by atoms with Gasteiger partial charge in [0.15, 0.2) is 6.29 Å². The summed E-state index contributed by atoms with van der Waals surface area (Å²) in [5.41, 5.74) is -1.43. The Morgan fingerprint density at radius 1 is 1.19 bits per heavy atom. The van der Waals surface area contributed by atoms with Crippen molar-refractivity contribution in [3.05, 3.63) is 12.2 Å². The van der Waals surface area contributed by atoms with Crippen LogP contribution in [0.15, 0.2) is 12.2 Å². The van der Waals surface area contributed by atoms with Gasteiger partial charge >= 0.3 is 5.97 Å². The van der Waals surface area contributed by atoms with Gasteiger partial charge in [-0.1, -0.05) is 20.4 Å². The fourth-order valence-corrected chi connectivity index (χ4v) is 7.57. The Balaban J connectivity index is 1.73. The Morgan fingerprint density at radius 3 is 2.65 bits per heavy atom. The minimum atomic E-state index is -1.17. The molecule has 0 radical (unpaired) electrons. The number of hydrogen-bond acceptors (Lipinski definition) is 6. The van der Waals surface area contributed by atoms with Crippen molar-refractivity contribution < 1.29 is 29.6 Å². The molecule has 144 valence electrons. The van der Waals surface area contributed by atoms with Crippen molar-refractivity contribution in [3.63, 3.8) is 0 Å². The summed E-state index contributed by atoms with van der Waals surface area (Å²) in [4.78, 5) is 13.2. The lowest BCUT2D eigenvalue weighted by Gasteiger charge is -2.63. The normalized spacial score (nSPS) is 57.2. The molecular weight excluding hydrogens is 336 g/mol. The molecule has 6 heteroatoms. The van der Waals surface area contributed by atoms with E-state index in [0.29, 0.717) is 24.8 Å². The van der Waals surface area contributed by atoms with Crippen LogP contribution >= 0.6 is 0 Å². The maximum atomic E-state index is 13.2. The average Bonchev–Trinajstić information content (AvgIpc) is 3.01. The number of carbonyl (C=O) groups excluding carboxylic acids is 1. The largest absolute Gasteiger partial charge is 0.461 e. The van der Waals surface area contributed by atoms with Crippen molar-refractivity contribution in [2.75, 3.05) is 6.61 Å². The Morgan fingerprint density at radius 2 is 1.92 bits per heavy atom. The number of rotatable bonds is 0. The van der Waals surface area contributed by atoms with Gasteiger partial charge < -0.3 is 24.8 Å². The first-order chi connectivity index (χ1) is 12.2. The molecule has 3 N–H and O–H groups in total. The summed E-state index contributed by atoms with van der Waals surface area (Å²) in [5.74, 6) is -1.23. The van der Waals surface area contributed by atoms with Gasteiger partial charge in [0.2, 0.25) is 0 Å². The van der Waals surface area contributed by atoms with Crippen molar-refractivity contribution in [2.45, 2.75) is 64.1 Å². The summed E-state index contributed by atoms with van der Waals surface area (Å²) in [5, 5.41) is 32.9. The molecule has 3 aliphatic carbocycles. The van der Waals surface area contributed by atoms with Gasteiger partial charge in [-0.05, 0) is 42.6 Å². The van der Waals surface area contributed by atoms with E-state index >= 15 is 0 Å². The zero-order valence-electron chi connectivity index (χ0n) is 15.4. The smallest absolute Gasteiger partial charge is 0.315 e. The lowest BCUT2D eigenvalue weighted by Crippen LogP contribution is -2.71. The Bertz CT molecular complexity index is 688. The van der Waals surface area contributed by atoms with Crippen LogP contribution < -0.4 is 0 Å². The highest BCUT2D eigenvalue weighted by molar-refractivity contribution is 5.82. The molecule has 2 spiro atoms. The number of carbonyl (C=O) groups is 1. The van der Waals surface area contributed by atoms with E-state index in [0.717, 1.165) is 6.42 Å². The van der Waals surface area contributed by atoms with E-state index < -0.39 is 47.3 Å². The Hall–Kier alpha value is -0.950. The van der Waals surface area contributed by atoms with Crippen LogP contribution in [0.25, 0.3) is 0 Å². The number of aliphatic hydroxyl groups excluding tert-OH is 3. The van der Waals surface area contributed by atoms with Crippen LogP contribution in [0.4, 0.5) is 0 Å². The summed E-state index contributed by atoms with van der Waals surface area (Å²) in [6.45, 7) is 8.48. The third-order valence-electron chi connectivity index (χ3n) is 8.48. The van der Waals surface area contributed by atoms with Gasteiger partial charge in [-0.15, -0.1) is 0 Å². The van der Waals surface area contributed by atoms with Crippen molar-refractivity contribution in [1.82, 2.24) is 0 Å². The van der Waals surface area contributed by atoms with Crippen molar-refractivity contribution >= 4 is 5.97 Å². The third kappa shape index (κ3) is 1.66. The zero-order valence-corrected chi connectivity index (χ0v) is 15.4. The van der Waals surface area contributed by atoms with Crippen LogP contribution in [-0.4, -0.2) is 52.5 Å². The van der Waals surface area contributed by atoms with Gasteiger partial charge in [0.1, 0.15) is 11.5 Å². The number of hydrogen-bond donors (Lipinski definition) is 3. The van der Waals surface area contributed by atoms with Gasteiger partial charge in [-0.3, -0.25) is 4.79 Å².